The molecule has 168 valence electrons. The quantitative estimate of drug-likeness (QED) is 0.171. The van der Waals surface area contributed by atoms with E-state index in [0.717, 1.165) is 25.9 Å². The molecule has 0 bridgehead atoms. The van der Waals surface area contributed by atoms with Crippen molar-refractivity contribution >= 4 is 0 Å². The number of aliphatic hydroxyl groups is 1. The Balaban J connectivity index is 1.84. The number of unbranched alkanes of at least 4 members (excludes halogenated alkanes) is 13. The zero-order valence-electron chi connectivity index (χ0n) is 19.1. The van der Waals surface area contributed by atoms with E-state index in [2.05, 4.69) is 13.8 Å². The first kappa shape index (κ1) is 25.9. The van der Waals surface area contributed by atoms with Gasteiger partial charge in [-0.05, 0) is 31.6 Å². The average molecular weight is 399 g/mol. The van der Waals surface area contributed by atoms with Crippen LogP contribution in [0.15, 0.2) is 0 Å². The van der Waals surface area contributed by atoms with Crippen LogP contribution in [0.1, 0.15) is 129 Å². The largest absolute Gasteiger partial charge is 0.376 e. The van der Waals surface area contributed by atoms with Gasteiger partial charge in [0.25, 0.3) is 0 Å². The highest BCUT2D eigenvalue weighted by Gasteiger charge is 2.25. The van der Waals surface area contributed by atoms with Crippen LogP contribution >= 0.6 is 0 Å². The normalized spacial score (nSPS) is 20.7. The molecule has 0 aromatic heterocycles. The minimum atomic E-state index is -0.606. The van der Waals surface area contributed by atoms with Crippen molar-refractivity contribution in [2.24, 2.45) is 5.92 Å². The molecule has 0 spiro atoms. The van der Waals surface area contributed by atoms with Gasteiger partial charge in [0.2, 0.25) is 0 Å². The maximum Gasteiger partial charge on any atom is 0.154 e. The smallest absolute Gasteiger partial charge is 0.154 e. The molecular weight excluding hydrogens is 348 g/mol. The number of hydrogen-bond acceptors (Lipinski definition) is 3. The molecule has 3 heteroatoms. The molecule has 1 aliphatic heterocycles. The third-order valence-corrected chi connectivity index (χ3v) is 6.16. The third kappa shape index (κ3) is 14.8. The van der Waals surface area contributed by atoms with Crippen molar-refractivity contribution in [3.8, 4) is 0 Å². The summed E-state index contributed by atoms with van der Waals surface area (Å²) >= 11 is 0. The van der Waals surface area contributed by atoms with E-state index < -0.39 is 6.29 Å². The highest BCUT2D eigenvalue weighted by molar-refractivity contribution is 4.73. The van der Waals surface area contributed by atoms with Gasteiger partial charge in [0.15, 0.2) is 6.29 Å². The molecule has 0 amide bonds. The molecule has 1 unspecified atom stereocenters. The molecule has 3 nitrogen and oxygen atoms in total. The van der Waals surface area contributed by atoms with Gasteiger partial charge < -0.3 is 14.6 Å². The molecule has 0 aromatic rings. The summed E-state index contributed by atoms with van der Waals surface area (Å²) in [6, 6.07) is 0. The van der Waals surface area contributed by atoms with E-state index in [9.17, 15) is 5.11 Å². The fourth-order valence-electron chi connectivity index (χ4n) is 4.24. The zero-order chi connectivity index (χ0) is 20.3. The highest BCUT2D eigenvalue weighted by Crippen LogP contribution is 2.25. The molecule has 1 saturated heterocycles. The summed E-state index contributed by atoms with van der Waals surface area (Å²) in [5.74, 6) is 0.703. The van der Waals surface area contributed by atoms with E-state index in [4.69, 9.17) is 9.47 Å². The Morgan fingerprint density at radius 3 is 1.93 bits per heavy atom. The van der Waals surface area contributed by atoms with Gasteiger partial charge in [0, 0.05) is 6.61 Å². The fraction of sp³-hybridized carbons (Fsp3) is 1.00. The van der Waals surface area contributed by atoms with Gasteiger partial charge in [-0.25, -0.2) is 0 Å². The fourth-order valence-corrected chi connectivity index (χ4v) is 4.24. The second-order valence-electron chi connectivity index (χ2n) is 9.02. The molecule has 0 radical (unpaired) electrons. The van der Waals surface area contributed by atoms with Gasteiger partial charge >= 0.3 is 0 Å². The number of rotatable bonds is 20. The predicted octanol–water partition coefficient (Wildman–Crippen LogP) is 7.40. The number of ether oxygens (including phenoxy) is 2. The van der Waals surface area contributed by atoms with Crippen molar-refractivity contribution in [3.63, 3.8) is 0 Å². The van der Waals surface area contributed by atoms with Crippen LogP contribution < -0.4 is 0 Å². The second-order valence-corrected chi connectivity index (χ2v) is 9.02. The average Bonchev–Trinajstić information content (AvgIpc) is 3.15. The Labute approximate surface area is 176 Å². The Bertz CT molecular complexity index is 321. The molecule has 3 atom stereocenters. The summed E-state index contributed by atoms with van der Waals surface area (Å²) in [5.41, 5.74) is 0. The molecule has 1 N–H and O–H groups in total. The lowest BCUT2D eigenvalue weighted by molar-refractivity contribution is -0.127. The van der Waals surface area contributed by atoms with Gasteiger partial charge in [-0.1, -0.05) is 104 Å². The zero-order valence-corrected chi connectivity index (χ0v) is 19.1. The van der Waals surface area contributed by atoms with Crippen molar-refractivity contribution < 1.29 is 14.6 Å². The molecule has 1 fully saturated rings. The molecule has 0 aromatic carbocycles. The van der Waals surface area contributed by atoms with E-state index in [-0.39, 0.29) is 6.10 Å². The van der Waals surface area contributed by atoms with E-state index in [1.807, 2.05) is 0 Å². The minimum absolute atomic E-state index is 0.197. The van der Waals surface area contributed by atoms with Gasteiger partial charge in [0.05, 0.1) is 12.7 Å². The summed E-state index contributed by atoms with van der Waals surface area (Å²) in [6.07, 6.45) is 23.1. The first-order chi connectivity index (χ1) is 13.8. The molecule has 1 rings (SSSR count). The van der Waals surface area contributed by atoms with Gasteiger partial charge in [-0.15, -0.1) is 0 Å². The van der Waals surface area contributed by atoms with Crippen LogP contribution in [0.3, 0.4) is 0 Å². The SMILES string of the molecule is CCCCCCCCCCCCCC[C@@H]1CO[C@@H](COC(O)CCCCC)C1. The standard InChI is InChI=1S/C25H50O3/c1-3-5-7-8-9-10-11-12-13-14-15-17-18-23-20-24(27-21-23)22-28-25(26)19-16-6-4-2/h23-26H,3-22H2,1-2H3/t23-,24+,25?/m0/s1. The van der Waals surface area contributed by atoms with Crippen molar-refractivity contribution in [2.45, 2.75) is 142 Å². The van der Waals surface area contributed by atoms with Gasteiger partial charge in [0.1, 0.15) is 0 Å². The van der Waals surface area contributed by atoms with Crippen molar-refractivity contribution in [3.05, 3.63) is 0 Å². The Morgan fingerprint density at radius 1 is 0.786 bits per heavy atom. The predicted molar refractivity (Wildman–Crippen MR) is 120 cm³/mol. The summed E-state index contributed by atoms with van der Waals surface area (Å²) in [5, 5.41) is 9.85. The summed E-state index contributed by atoms with van der Waals surface area (Å²) < 4.78 is 11.4. The lowest BCUT2D eigenvalue weighted by atomic mass is 9.97. The van der Waals surface area contributed by atoms with Gasteiger partial charge in [-0.3, -0.25) is 0 Å². The number of aliphatic hydroxyl groups excluding tert-OH is 1. The van der Waals surface area contributed by atoms with Crippen LogP contribution in [0.5, 0.6) is 0 Å². The summed E-state index contributed by atoms with van der Waals surface area (Å²) in [4.78, 5) is 0. The topological polar surface area (TPSA) is 38.7 Å². The third-order valence-electron chi connectivity index (χ3n) is 6.16. The van der Waals surface area contributed by atoms with Crippen LogP contribution in [0, 0.1) is 5.92 Å². The maximum absolute atomic E-state index is 9.85. The Morgan fingerprint density at radius 2 is 1.32 bits per heavy atom. The van der Waals surface area contributed by atoms with Crippen molar-refractivity contribution in [2.75, 3.05) is 13.2 Å². The molecule has 1 heterocycles. The highest BCUT2D eigenvalue weighted by atomic mass is 16.6. The van der Waals surface area contributed by atoms with Crippen LogP contribution in [-0.2, 0) is 9.47 Å². The van der Waals surface area contributed by atoms with E-state index in [1.165, 1.54) is 96.3 Å². The number of hydrogen-bond donors (Lipinski definition) is 1. The first-order valence-electron chi connectivity index (χ1n) is 12.7. The minimum Gasteiger partial charge on any atom is -0.376 e. The van der Waals surface area contributed by atoms with E-state index >= 15 is 0 Å². The molecule has 1 aliphatic rings. The Kier molecular flexibility index (Phi) is 17.5. The Hall–Kier alpha value is -0.120. The van der Waals surface area contributed by atoms with Crippen LogP contribution in [0.4, 0.5) is 0 Å². The lowest BCUT2D eigenvalue weighted by Crippen LogP contribution is -2.21. The van der Waals surface area contributed by atoms with Crippen LogP contribution in [-0.4, -0.2) is 30.7 Å². The van der Waals surface area contributed by atoms with Crippen molar-refractivity contribution in [1.82, 2.24) is 0 Å². The van der Waals surface area contributed by atoms with Crippen LogP contribution in [0.25, 0.3) is 0 Å². The first-order valence-corrected chi connectivity index (χ1v) is 12.7. The van der Waals surface area contributed by atoms with Crippen molar-refractivity contribution in [1.29, 1.82) is 0 Å². The molecular formula is C25H50O3. The summed E-state index contributed by atoms with van der Waals surface area (Å²) in [6.45, 7) is 5.91. The maximum atomic E-state index is 9.85. The van der Waals surface area contributed by atoms with E-state index in [1.54, 1.807) is 0 Å². The molecule has 0 saturated carbocycles. The molecule has 28 heavy (non-hydrogen) atoms. The lowest BCUT2D eigenvalue weighted by Gasteiger charge is -2.15. The second kappa shape index (κ2) is 18.9. The van der Waals surface area contributed by atoms with Crippen LogP contribution in [0.2, 0.25) is 0 Å². The van der Waals surface area contributed by atoms with E-state index in [0.29, 0.717) is 12.5 Å². The monoisotopic (exact) mass is 398 g/mol. The molecule has 0 aliphatic carbocycles. The summed E-state index contributed by atoms with van der Waals surface area (Å²) in [7, 11) is 0. The van der Waals surface area contributed by atoms with Gasteiger partial charge in [-0.2, -0.15) is 0 Å².